The van der Waals surface area contributed by atoms with Crippen molar-refractivity contribution in [3.05, 3.63) is 63.1 Å². The molecule has 0 aliphatic carbocycles. The molecule has 0 radical (unpaired) electrons. The predicted octanol–water partition coefficient (Wildman–Crippen LogP) is 4.86. The molecule has 0 aliphatic heterocycles. The highest BCUT2D eigenvalue weighted by Crippen LogP contribution is 2.24. The van der Waals surface area contributed by atoms with E-state index in [1.807, 2.05) is 13.8 Å². The van der Waals surface area contributed by atoms with E-state index in [9.17, 15) is 9.59 Å². The van der Waals surface area contributed by atoms with Gasteiger partial charge in [0.25, 0.3) is 5.91 Å². The summed E-state index contributed by atoms with van der Waals surface area (Å²) in [5, 5.41) is 4.27. The maximum Gasteiger partial charge on any atom is 0.260 e. The second kappa shape index (κ2) is 10.6. The SMILES string of the molecule is CC(C)CC(NC(=O)Cc1ccc(Cl)cc1)C(=O)NNc1ccc(Cl)cc1Cl. The van der Waals surface area contributed by atoms with Crippen molar-refractivity contribution < 1.29 is 9.59 Å². The molecule has 5 nitrogen and oxygen atoms in total. The Morgan fingerprint density at radius 2 is 1.61 bits per heavy atom. The molecule has 0 heterocycles. The topological polar surface area (TPSA) is 70.2 Å². The van der Waals surface area contributed by atoms with E-state index in [0.29, 0.717) is 27.2 Å². The normalized spacial score (nSPS) is 11.8. The minimum absolute atomic E-state index is 0.162. The first-order chi connectivity index (χ1) is 13.2. The van der Waals surface area contributed by atoms with E-state index < -0.39 is 6.04 Å². The number of hydrazine groups is 1. The van der Waals surface area contributed by atoms with Gasteiger partial charge in [0.1, 0.15) is 6.04 Å². The molecule has 0 fully saturated rings. The summed E-state index contributed by atoms with van der Waals surface area (Å²) in [6.07, 6.45) is 0.656. The molecule has 2 rings (SSSR count). The molecule has 2 aromatic carbocycles. The second-order valence-corrected chi connectivity index (χ2v) is 8.07. The van der Waals surface area contributed by atoms with Gasteiger partial charge in [0.15, 0.2) is 0 Å². The van der Waals surface area contributed by atoms with Crippen molar-refractivity contribution >= 4 is 52.3 Å². The van der Waals surface area contributed by atoms with Crippen molar-refractivity contribution in [1.29, 1.82) is 0 Å². The summed E-state index contributed by atoms with van der Waals surface area (Å²) in [4.78, 5) is 25.0. The second-order valence-electron chi connectivity index (χ2n) is 6.79. The summed E-state index contributed by atoms with van der Waals surface area (Å²) >= 11 is 17.8. The average Bonchev–Trinajstić information content (AvgIpc) is 2.61. The van der Waals surface area contributed by atoms with E-state index in [1.54, 1.807) is 42.5 Å². The van der Waals surface area contributed by atoms with Gasteiger partial charge >= 0.3 is 0 Å². The molecule has 28 heavy (non-hydrogen) atoms. The van der Waals surface area contributed by atoms with E-state index in [1.165, 1.54) is 0 Å². The van der Waals surface area contributed by atoms with Crippen LogP contribution in [0, 0.1) is 5.92 Å². The highest BCUT2D eigenvalue weighted by atomic mass is 35.5. The lowest BCUT2D eigenvalue weighted by Crippen LogP contribution is -2.49. The van der Waals surface area contributed by atoms with Crippen molar-refractivity contribution in [1.82, 2.24) is 10.7 Å². The number of nitrogens with one attached hydrogen (secondary N) is 3. The fourth-order valence-corrected chi connectivity index (χ4v) is 3.12. The third-order valence-electron chi connectivity index (χ3n) is 3.89. The monoisotopic (exact) mass is 441 g/mol. The number of carbonyl (C=O) groups excluding carboxylic acids is 2. The first-order valence-electron chi connectivity index (χ1n) is 8.79. The van der Waals surface area contributed by atoms with E-state index in [2.05, 4.69) is 16.2 Å². The van der Waals surface area contributed by atoms with Crippen molar-refractivity contribution in [2.45, 2.75) is 32.7 Å². The number of hydrogen-bond acceptors (Lipinski definition) is 3. The van der Waals surface area contributed by atoms with Crippen molar-refractivity contribution in [3.8, 4) is 0 Å². The molecule has 0 saturated heterocycles. The Balaban J connectivity index is 1.97. The molecule has 8 heteroatoms. The molecule has 1 unspecified atom stereocenters. The molecule has 1 atom stereocenters. The fourth-order valence-electron chi connectivity index (χ4n) is 2.54. The molecule has 0 aromatic heterocycles. The molecule has 0 spiro atoms. The van der Waals surface area contributed by atoms with Crippen LogP contribution in [0.1, 0.15) is 25.8 Å². The lowest BCUT2D eigenvalue weighted by atomic mass is 10.0. The maximum atomic E-state index is 12.6. The van der Waals surface area contributed by atoms with Gasteiger partial charge in [-0.25, -0.2) is 0 Å². The first-order valence-corrected chi connectivity index (χ1v) is 9.92. The van der Waals surface area contributed by atoms with E-state index in [4.69, 9.17) is 34.8 Å². The number of anilines is 1. The number of hydrogen-bond donors (Lipinski definition) is 3. The fraction of sp³-hybridized carbons (Fsp3) is 0.300. The maximum absolute atomic E-state index is 12.6. The summed E-state index contributed by atoms with van der Waals surface area (Å²) in [5.41, 5.74) is 6.69. The number of benzene rings is 2. The molecule has 150 valence electrons. The van der Waals surface area contributed by atoms with Crippen molar-refractivity contribution in [2.24, 2.45) is 5.92 Å². The molecule has 0 saturated carbocycles. The molecular formula is C20H22Cl3N3O2. The van der Waals surface area contributed by atoms with E-state index >= 15 is 0 Å². The van der Waals surface area contributed by atoms with Crippen LogP contribution in [0.2, 0.25) is 15.1 Å². The van der Waals surface area contributed by atoms with Gasteiger partial charge in [-0.1, -0.05) is 60.8 Å². The third-order valence-corrected chi connectivity index (χ3v) is 4.69. The quantitative estimate of drug-likeness (QED) is 0.511. The largest absolute Gasteiger partial charge is 0.344 e. The van der Waals surface area contributed by atoms with E-state index in [-0.39, 0.29) is 24.2 Å². The summed E-state index contributed by atoms with van der Waals surface area (Å²) in [6, 6.07) is 11.2. The number of halogens is 3. The number of rotatable bonds is 8. The van der Waals surface area contributed by atoms with E-state index in [0.717, 1.165) is 5.56 Å². The van der Waals surface area contributed by atoms with Crippen LogP contribution >= 0.6 is 34.8 Å². The van der Waals surface area contributed by atoms with Crippen LogP contribution in [-0.4, -0.2) is 17.9 Å². The van der Waals surface area contributed by atoms with Crippen LogP contribution in [0.3, 0.4) is 0 Å². The summed E-state index contributed by atoms with van der Waals surface area (Å²) < 4.78 is 0. The van der Waals surface area contributed by atoms with Gasteiger partial charge in [-0.15, -0.1) is 0 Å². The van der Waals surface area contributed by atoms with Crippen LogP contribution in [0.4, 0.5) is 5.69 Å². The Kier molecular flexibility index (Phi) is 8.42. The highest BCUT2D eigenvalue weighted by molar-refractivity contribution is 6.36. The average molecular weight is 443 g/mol. The van der Waals surface area contributed by atoms with Crippen LogP contribution in [0.5, 0.6) is 0 Å². The molecular weight excluding hydrogens is 421 g/mol. The van der Waals surface area contributed by atoms with Crippen molar-refractivity contribution in [2.75, 3.05) is 5.43 Å². The van der Waals surface area contributed by atoms with Gasteiger partial charge in [0.05, 0.1) is 17.1 Å². The Hall–Kier alpha value is -1.95. The van der Waals surface area contributed by atoms with Crippen LogP contribution in [0.15, 0.2) is 42.5 Å². The molecule has 2 amide bonds. The summed E-state index contributed by atoms with van der Waals surface area (Å²) in [6.45, 7) is 3.96. The van der Waals surface area contributed by atoms with Gasteiger partial charge in [-0.05, 0) is 48.2 Å². The summed E-state index contributed by atoms with van der Waals surface area (Å²) in [5.74, 6) is -0.387. The smallest absolute Gasteiger partial charge is 0.260 e. The Morgan fingerprint density at radius 3 is 2.21 bits per heavy atom. The van der Waals surface area contributed by atoms with Crippen LogP contribution in [-0.2, 0) is 16.0 Å². The molecule has 0 bridgehead atoms. The first kappa shape index (κ1) is 22.3. The van der Waals surface area contributed by atoms with Gasteiger partial charge in [-0.2, -0.15) is 0 Å². The van der Waals surface area contributed by atoms with Crippen molar-refractivity contribution in [3.63, 3.8) is 0 Å². The molecule has 0 aliphatic rings. The van der Waals surface area contributed by atoms with Gasteiger partial charge in [0, 0.05) is 10.0 Å². The van der Waals surface area contributed by atoms with Gasteiger partial charge in [0.2, 0.25) is 5.91 Å². The highest BCUT2D eigenvalue weighted by Gasteiger charge is 2.22. The predicted molar refractivity (Wildman–Crippen MR) is 115 cm³/mol. The molecule has 3 N–H and O–H groups in total. The summed E-state index contributed by atoms with van der Waals surface area (Å²) in [7, 11) is 0. The van der Waals surface area contributed by atoms with Crippen LogP contribution < -0.4 is 16.2 Å². The van der Waals surface area contributed by atoms with Crippen LogP contribution in [0.25, 0.3) is 0 Å². The van der Waals surface area contributed by atoms with Gasteiger partial charge in [-0.3, -0.25) is 20.4 Å². The Morgan fingerprint density at radius 1 is 0.964 bits per heavy atom. The Labute approximate surface area is 179 Å². The molecule has 2 aromatic rings. The standard InChI is InChI=1S/C20H22Cl3N3O2/c1-12(2)9-18(24-19(27)10-13-3-5-14(21)6-4-13)20(28)26-25-17-8-7-15(22)11-16(17)23/h3-8,11-12,18,25H,9-10H2,1-2H3,(H,24,27)(H,26,28). The van der Waals surface area contributed by atoms with Gasteiger partial charge < -0.3 is 5.32 Å². The zero-order chi connectivity index (χ0) is 20.7. The number of amides is 2. The Bertz CT molecular complexity index is 826. The zero-order valence-electron chi connectivity index (χ0n) is 15.6. The zero-order valence-corrected chi connectivity index (χ0v) is 17.8. The third kappa shape index (κ3) is 7.23. The number of carbonyl (C=O) groups is 2. The lowest BCUT2D eigenvalue weighted by molar-refractivity contribution is -0.128. The minimum atomic E-state index is -0.682. The lowest BCUT2D eigenvalue weighted by Gasteiger charge is -2.21. The minimum Gasteiger partial charge on any atom is -0.344 e.